The Bertz CT molecular complexity index is 282. The minimum absolute atomic E-state index is 0.234. The molecule has 0 saturated carbocycles. The van der Waals surface area contributed by atoms with E-state index in [4.69, 9.17) is 33.4 Å². The second kappa shape index (κ2) is 5.56. The Balaban J connectivity index is 2.66. The molecule has 0 aromatic heterocycles. The fraction of sp³-hybridized carbons (Fsp3) is 0.400. The summed E-state index contributed by atoms with van der Waals surface area (Å²) in [6, 6.07) is 5.29. The van der Waals surface area contributed by atoms with Gasteiger partial charge in [-0.3, -0.25) is 0 Å². The van der Waals surface area contributed by atoms with Crippen LogP contribution in [0.15, 0.2) is 18.2 Å². The second-order valence-corrected chi connectivity index (χ2v) is 3.89. The summed E-state index contributed by atoms with van der Waals surface area (Å²) in [5, 5.41) is 19.0. The number of benzene rings is 1. The van der Waals surface area contributed by atoms with Crippen molar-refractivity contribution in [3.8, 4) is 0 Å². The molecule has 0 unspecified atom stereocenters. The standard InChI is InChI=1S/C10H12Cl2O2/c11-9-2-1-3-10(12)8(9)5-4-7(14)6-13/h1-3,7,13-14H,4-6H2/t7-/m1/s1. The van der Waals surface area contributed by atoms with Crippen LogP contribution in [0.2, 0.25) is 10.0 Å². The first-order valence-corrected chi connectivity index (χ1v) is 5.12. The summed E-state index contributed by atoms with van der Waals surface area (Å²) in [5.41, 5.74) is 0.823. The average Bonchev–Trinajstić information content (AvgIpc) is 2.16. The smallest absolute Gasteiger partial charge is 0.0774 e. The molecule has 0 radical (unpaired) electrons. The van der Waals surface area contributed by atoms with Crippen molar-refractivity contribution in [2.45, 2.75) is 18.9 Å². The summed E-state index contributed by atoms with van der Waals surface area (Å²) in [6.07, 6.45) is 0.322. The van der Waals surface area contributed by atoms with Gasteiger partial charge in [0.05, 0.1) is 12.7 Å². The molecule has 14 heavy (non-hydrogen) atoms. The van der Waals surface area contributed by atoms with Crippen molar-refractivity contribution < 1.29 is 10.2 Å². The third-order valence-corrected chi connectivity index (χ3v) is 2.71. The van der Waals surface area contributed by atoms with Crippen molar-refractivity contribution in [2.75, 3.05) is 6.61 Å². The van der Waals surface area contributed by atoms with Crippen LogP contribution in [0.3, 0.4) is 0 Å². The quantitative estimate of drug-likeness (QED) is 0.840. The Morgan fingerprint density at radius 3 is 2.29 bits per heavy atom. The molecule has 0 aliphatic carbocycles. The molecule has 0 bridgehead atoms. The zero-order valence-corrected chi connectivity index (χ0v) is 9.09. The average molecular weight is 235 g/mol. The maximum Gasteiger partial charge on any atom is 0.0774 e. The summed E-state index contributed by atoms with van der Waals surface area (Å²) >= 11 is 11.9. The highest BCUT2D eigenvalue weighted by atomic mass is 35.5. The first-order chi connectivity index (χ1) is 6.65. The minimum atomic E-state index is -0.706. The molecule has 1 aromatic rings. The highest BCUT2D eigenvalue weighted by Gasteiger charge is 2.08. The highest BCUT2D eigenvalue weighted by molar-refractivity contribution is 6.35. The maximum atomic E-state index is 9.16. The van der Waals surface area contributed by atoms with Crippen molar-refractivity contribution in [1.82, 2.24) is 0 Å². The molecule has 0 aliphatic heterocycles. The van der Waals surface area contributed by atoms with Gasteiger partial charge in [0, 0.05) is 10.0 Å². The number of aliphatic hydroxyl groups is 2. The van der Waals surface area contributed by atoms with Gasteiger partial charge in [-0.1, -0.05) is 29.3 Å². The molecule has 4 heteroatoms. The van der Waals surface area contributed by atoms with Crippen molar-refractivity contribution in [1.29, 1.82) is 0 Å². The molecule has 0 saturated heterocycles. The predicted octanol–water partition coefficient (Wildman–Crippen LogP) is 2.28. The molecule has 0 amide bonds. The Kier molecular flexibility index (Phi) is 4.69. The fourth-order valence-electron chi connectivity index (χ4n) is 1.17. The zero-order valence-electron chi connectivity index (χ0n) is 7.58. The van der Waals surface area contributed by atoms with Crippen LogP contribution >= 0.6 is 23.2 Å². The molecule has 1 atom stereocenters. The van der Waals surface area contributed by atoms with Crippen LogP contribution in [0.4, 0.5) is 0 Å². The summed E-state index contributed by atoms with van der Waals surface area (Å²) < 4.78 is 0. The van der Waals surface area contributed by atoms with E-state index in [1.807, 2.05) is 0 Å². The lowest BCUT2D eigenvalue weighted by Crippen LogP contribution is -2.12. The van der Waals surface area contributed by atoms with Crippen LogP contribution in [0.1, 0.15) is 12.0 Å². The third kappa shape index (κ3) is 3.14. The highest BCUT2D eigenvalue weighted by Crippen LogP contribution is 2.25. The van der Waals surface area contributed by atoms with Gasteiger partial charge in [0.2, 0.25) is 0 Å². The monoisotopic (exact) mass is 234 g/mol. The van der Waals surface area contributed by atoms with Crippen molar-refractivity contribution in [2.24, 2.45) is 0 Å². The summed E-state index contributed by atoms with van der Waals surface area (Å²) in [7, 11) is 0. The maximum absolute atomic E-state index is 9.16. The van der Waals surface area contributed by atoms with Gasteiger partial charge < -0.3 is 10.2 Å². The largest absolute Gasteiger partial charge is 0.394 e. The van der Waals surface area contributed by atoms with Crippen LogP contribution in [-0.2, 0) is 6.42 Å². The predicted molar refractivity (Wildman–Crippen MR) is 57.9 cm³/mol. The third-order valence-electron chi connectivity index (χ3n) is 2.00. The molecular weight excluding hydrogens is 223 g/mol. The van der Waals surface area contributed by atoms with Crippen LogP contribution < -0.4 is 0 Å². The molecule has 0 heterocycles. The topological polar surface area (TPSA) is 40.5 Å². The van der Waals surface area contributed by atoms with Gasteiger partial charge in [-0.05, 0) is 30.5 Å². The fourth-order valence-corrected chi connectivity index (χ4v) is 1.76. The Hall–Kier alpha value is -0.280. The lowest BCUT2D eigenvalue weighted by molar-refractivity contribution is 0.0886. The summed E-state index contributed by atoms with van der Waals surface area (Å²) in [4.78, 5) is 0. The number of hydrogen-bond acceptors (Lipinski definition) is 2. The second-order valence-electron chi connectivity index (χ2n) is 3.08. The van der Waals surface area contributed by atoms with Crippen molar-refractivity contribution in [3.05, 3.63) is 33.8 Å². The van der Waals surface area contributed by atoms with Crippen LogP contribution in [-0.4, -0.2) is 22.9 Å². The Morgan fingerprint density at radius 1 is 1.21 bits per heavy atom. The number of rotatable bonds is 4. The van der Waals surface area contributed by atoms with Crippen LogP contribution in [0, 0.1) is 0 Å². The van der Waals surface area contributed by atoms with E-state index in [1.54, 1.807) is 18.2 Å². The van der Waals surface area contributed by atoms with Gasteiger partial charge in [-0.15, -0.1) is 0 Å². The molecule has 2 nitrogen and oxygen atoms in total. The number of halogens is 2. The lowest BCUT2D eigenvalue weighted by Gasteiger charge is -2.09. The van der Waals surface area contributed by atoms with Crippen molar-refractivity contribution in [3.63, 3.8) is 0 Å². The molecule has 0 aliphatic rings. The SMILES string of the molecule is OC[C@H](O)CCc1c(Cl)cccc1Cl. The van der Waals surface area contributed by atoms with Crippen molar-refractivity contribution >= 4 is 23.2 Å². The van der Waals surface area contributed by atoms with E-state index < -0.39 is 6.10 Å². The molecule has 2 N–H and O–H groups in total. The van der Waals surface area contributed by atoms with E-state index in [0.717, 1.165) is 5.56 Å². The van der Waals surface area contributed by atoms with Crippen LogP contribution in [0.25, 0.3) is 0 Å². The first-order valence-electron chi connectivity index (χ1n) is 4.37. The normalized spacial score (nSPS) is 12.9. The minimum Gasteiger partial charge on any atom is -0.394 e. The molecule has 1 aromatic carbocycles. The van der Waals surface area contributed by atoms with E-state index in [0.29, 0.717) is 22.9 Å². The molecule has 0 fully saturated rings. The lowest BCUT2D eigenvalue weighted by atomic mass is 10.1. The first kappa shape index (κ1) is 11.8. The summed E-state index contributed by atoms with van der Waals surface area (Å²) in [5.74, 6) is 0. The number of aliphatic hydroxyl groups excluding tert-OH is 2. The van der Waals surface area contributed by atoms with Gasteiger partial charge in [0.25, 0.3) is 0 Å². The Labute approximate surface area is 93.1 Å². The van der Waals surface area contributed by atoms with Gasteiger partial charge in [0.15, 0.2) is 0 Å². The number of hydrogen-bond donors (Lipinski definition) is 2. The van der Waals surface area contributed by atoms with E-state index in [2.05, 4.69) is 0 Å². The van der Waals surface area contributed by atoms with E-state index >= 15 is 0 Å². The van der Waals surface area contributed by atoms with E-state index in [-0.39, 0.29) is 6.61 Å². The van der Waals surface area contributed by atoms with Gasteiger partial charge in [-0.25, -0.2) is 0 Å². The Morgan fingerprint density at radius 2 is 1.79 bits per heavy atom. The van der Waals surface area contributed by atoms with Gasteiger partial charge in [-0.2, -0.15) is 0 Å². The van der Waals surface area contributed by atoms with Gasteiger partial charge >= 0.3 is 0 Å². The van der Waals surface area contributed by atoms with E-state index in [1.165, 1.54) is 0 Å². The zero-order chi connectivity index (χ0) is 10.6. The molecular formula is C10H12Cl2O2. The van der Waals surface area contributed by atoms with Crippen LogP contribution in [0.5, 0.6) is 0 Å². The molecule has 78 valence electrons. The van der Waals surface area contributed by atoms with Gasteiger partial charge in [0.1, 0.15) is 0 Å². The summed E-state index contributed by atoms with van der Waals surface area (Å²) in [6.45, 7) is -0.234. The molecule has 0 spiro atoms. The molecule has 1 rings (SSSR count). The van der Waals surface area contributed by atoms with E-state index in [9.17, 15) is 0 Å².